The highest BCUT2D eigenvalue weighted by Gasteiger charge is 2.31. The van der Waals surface area contributed by atoms with Gasteiger partial charge in [-0.15, -0.1) is 0 Å². The number of hydrogen-bond acceptors (Lipinski definition) is 2. The number of carbonyl (C=O) groups is 1. The molecule has 21 heavy (non-hydrogen) atoms. The maximum Gasteiger partial charge on any atom is 0.337 e. The molecule has 0 radical (unpaired) electrons. The molecular weight excluding hydrogens is 330 g/mol. The van der Waals surface area contributed by atoms with Crippen molar-refractivity contribution in [2.24, 2.45) is 0 Å². The number of nitrogens with one attached hydrogen (secondary N) is 1. The Kier molecular flexibility index (Phi) is 3.97. The molecule has 0 heterocycles. The van der Waals surface area contributed by atoms with E-state index >= 15 is 0 Å². The number of carboxylic acids is 1. The van der Waals surface area contributed by atoms with Crippen LogP contribution in [0.15, 0.2) is 53.0 Å². The Morgan fingerprint density at radius 2 is 1.76 bits per heavy atom. The fourth-order valence-corrected chi connectivity index (χ4v) is 3.42. The van der Waals surface area contributed by atoms with E-state index in [1.54, 1.807) is 12.1 Å². The van der Waals surface area contributed by atoms with E-state index in [0.29, 0.717) is 23.2 Å². The summed E-state index contributed by atoms with van der Waals surface area (Å²) in [7, 11) is 0. The summed E-state index contributed by atoms with van der Waals surface area (Å²) in [6.45, 7) is 0. The molecule has 0 saturated heterocycles. The Labute approximate surface area is 132 Å². The van der Waals surface area contributed by atoms with Crippen molar-refractivity contribution in [3.8, 4) is 0 Å². The first-order valence-electron chi connectivity index (χ1n) is 6.98. The van der Waals surface area contributed by atoms with Gasteiger partial charge in [0.05, 0.1) is 5.56 Å². The molecule has 1 aliphatic rings. The molecule has 1 fully saturated rings. The van der Waals surface area contributed by atoms with Crippen molar-refractivity contribution in [3.63, 3.8) is 0 Å². The lowest BCUT2D eigenvalue weighted by Gasteiger charge is -2.37. The van der Waals surface area contributed by atoms with Crippen LogP contribution in [0, 0.1) is 0 Å². The molecule has 108 valence electrons. The van der Waals surface area contributed by atoms with Gasteiger partial charge in [0.2, 0.25) is 0 Å². The average Bonchev–Trinajstić information content (AvgIpc) is 2.44. The summed E-state index contributed by atoms with van der Waals surface area (Å²) in [5.74, 6) is -0.352. The molecule has 0 amide bonds. The predicted molar refractivity (Wildman–Crippen MR) is 86.9 cm³/mol. The summed E-state index contributed by atoms with van der Waals surface area (Å²) in [5, 5.41) is 12.5. The Balaban J connectivity index is 1.66. The molecule has 0 bridgehead atoms. The molecule has 1 aliphatic carbocycles. The third-order valence-electron chi connectivity index (χ3n) is 4.00. The highest BCUT2D eigenvalue weighted by Crippen LogP contribution is 2.41. The van der Waals surface area contributed by atoms with Gasteiger partial charge in [-0.25, -0.2) is 4.79 Å². The lowest BCUT2D eigenvalue weighted by atomic mass is 9.75. The fourth-order valence-electron chi connectivity index (χ4n) is 2.81. The highest BCUT2D eigenvalue weighted by atomic mass is 79.9. The zero-order valence-electron chi connectivity index (χ0n) is 11.4. The molecule has 4 heteroatoms. The number of aromatic carboxylic acids is 1. The van der Waals surface area contributed by atoms with Crippen LogP contribution in [0.25, 0.3) is 0 Å². The normalized spacial score (nSPS) is 20.6. The van der Waals surface area contributed by atoms with Crippen molar-refractivity contribution >= 4 is 27.6 Å². The Bertz CT molecular complexity index is 665. The van der Waals surface area contributed by atoms with Gasteiger partial charge < -0.3 is 10.4 Å². The van der Waals surface area contributed by atoms with Crippen molar-refractivity contribution < 1.29 is 9.90 Å². The van der Waals surface area contributed by atoms with Crippen molar-refractivity contribution in [3.05, 3.63) is 64.1 Å². The molecule has 0 spiro atoms. The number of para-hydroxylation sites is 1. The van der Waals surface area contributed by atoms with Crippen molar-refractivity contribution in [1.29, 1.82) is 0 Å². The summed E-state index contributed by atoms with van der Waals surface area (Å²) >= 11 is 3.59. The molecule has 1 saturated carbocycles. The third-order valence-corrected chi connectivity index (χ3v) is 4.72. The van der Waals surface area contributed by atoms with Crippen LogP contribution in [0.3, 0.4) is 0 Å². The van der Waals surface area contributed by atoms with E-state index in [2.05, 4.69) is 39.4 Å². The second kappa shape index (κ2) is 5.90. The van der Waals surface area contributed by atoms with Crippen LogP contribution in [0.5, 0.6) is 0 Å². The number of carboxylic acid groups (broad SMARTS) is 1. The third kappa shape index (κ3) is 2.95. The van der Waals surface area contributed by atoms with Gasteiger partial charge in [0.25, 0.3) is 0 Å². The minimum atomic E-state index is -0.889. The molecular formula is C17H16BrNO2. The number of hydrogen-bond donors (Lipinski definition) is 2. The number of halogens is 1. The highest BCUT2D eigenvalue weighted by molar-refractivity contribution is 9.10. The van der Waals surface area contributed by atoms with Crippen LogP contribution in [0.4, 0.5) is 5.69 Å². The molecule has 2 aromatic carbocycles. The van der Waals surface area contributed by atoms with Crippen LogP contribution in [0.2, 0.25) is 0 Å². The molecule has 3 nitrogen and oxygen atoms in total. The Morgan fingerprint density at radius 1 is 1.10 bits per heavy atom. The van der Waals surface area contributed by atoms with Crippen LogP contribution in [-0.4, -0.2) is 17.1 Å². The van der Waals surface area contributed by atoms with Gasteiger partial charge in [-0.2, -0.15) is 0 Å². The van der Waals surface area contributed by atoms with E-state index < -0.39 is 5.97 Å². The topological polar surface area (TPSA) is 49.3 Å². The summed E-state index contributed by atoms with van der Waals surface area (Å²) in [6.07, 6.45) is 2.05. The molecule has 0 aliphatic heterocycles. The first-order chi connectivity index (χ1) is 10.1. The van der Waals surface area contributed by atoms with E-state index in [9.17, 15) is 9.90 Å². The van der Waals surface area contributed by atoms with Crippen molar-refractivity contribution in [1.82, 2.24) is 0 Å². The van der Waals surface area contributed by atoms with Gasteiger partial charge in [0, 0.05) is 16.2 Å². The standard InChI is InChI=1S/C17H16BrNO2/c18-15-7-3-1-5-13(15)11-9-12(10-11)19-16-8-4-2-6-14(16)17(20)21/h1-8,11-12,19H,9-10H2,(H,20,21). The molecule has 2 N–H and O–H groups in total. The van der Waals surface area contributed by atoms with Gasteiger partial charge in [-0.1, -0.05) is 46.3 Å². The van der Waals surface area contributed by atoms with E-state index in [1.807, 2.05) is 18.2 Å². The summed E-state index contributed by atoms with van der Waals surface area (Å²) in [6, 6.07) is 15.7. The predicted octanol–water partition coefficient (Wildman–Crippen LogP) is 4.51. The molecule has 0 unspecified atom stereocenters. The maximum absolute atomic E-state index is 11.2. The van der Waals surface area contributed by atoms with Crippen molar-refractivity contribution in [2.75, 3.05) is 5.32 Å². The monoisotopic (exact) mass is 345 g/mol. The number of anilines is 1. The molecule has 2 aromatic rings. The fraction of sp³-hybridized carbons (Fsp3) is 0.235. The Hall–Kier alpha value is -1.81. The molecule has 0 aromatic heterocycles. The van der Waals surface area contributed by atoms with Crippen LogP contribution in [-0.2, 0) is 0 Å². The lowest BCUT2D eigenvalue weighted by molar-refractivity contribution is 0.0698. The molecule has 3 rings (SSSR count). The summed E-state index contributed by atoms with van der Waals surface area (Å²) in [5.41, 5.74) is 2.38. The lowest BCUT2D eigenvalue weighted by Crippen LogP contribution is -2.34. The van der Waals surface area contributed by atoms with E-state index in [4.69, 9.17) is 0 Å². The number of benzene rings is 2. The second-order valence-electron chi connectivity index (χ2n) is 5.38. The van der Waals surface area contributed by atoms with Crippen LogP contribution >= 0.6 is 15.9 Å². The van der Waals surface area contributed by atoms with Gasteiger partial charge in [0.1, 0.15) is 0 Å². The summed E-state index contributed by atoms with van der Waals surface area (Å²) < 4.78 is 1.15. The number of rotatable bonds is 4. The van der Waals surface area contributed by atoms with Gasteiger partial charge in [-0.3, -0.25) is 0 Å². The summed E-state index contributed by atoms with van der Waals surface area (Å²) in [4.78, 5) is 11.2. The average molecular weight is 346 g/mol. The van der Waals surface area contributed by atoms with Crippen LogP contribution < -0.4 is 5.32 Å². The minimum Gasteiger partial charge on any atom is -0.478 e. The minimum absolute atomic E-state index is 0.335. The maximum atomic E-state index is 11.2. The smallest absolute Gasteiger partial charge is 0.337 e. The van der Waals surface area contributed by atoms with E-state index in [1.165, 1.54) is 5.56 Å². The van der Waals surface area contributed by atoms with Gasteiger partial charge in [-0.05, 0) is 42.5 Å². The van der Waals surface area contributed by atoms with Gasteiger partial charge >= 0.3 is 5.97 Å². The molecule has 0 atom stereocenters. The largest absolute Gasteiger partial charge is 0.478 e. The van der Waals surface area contributed by atoms with E-state index in [-0.39, 0.29) is 0 Å². The zero-order chi connectivity index (χ0) is 14.8. The first kappa shape index (κ1) is 14.1. The quantitative estimate of drug-likeness (QED) is 0.857. The van der Waals surface area contributed by atoms with Crippen molar-refractivity contribution in [2.45, 2.75) is 24.8 Å². The van der Waals surface area contributed by atoms with E-state index in [0.717, 1.165) is 17.3 Å². The Morgan fingerprint density at radius 3 is 2.48 bits per heavy atom. The first-order valence-corrected chi connectivity index (χ1v) is 7.77. The van der Waals surface area contributed by atoms with Crippen LogP contribution in [0.1, 0.15) is 34.7 Å². The zero-order valence-corrected chi connectivity index (χ0v) is 13.0. The van der Waals surface area contributed by atoms with Gasteiger partial charge in [0.15, 0.2) is 0 Å². The second-order valence-corrected chi connectivity index (χ2v) is 6.24. The SMILES string of the molecule is O=C(O)c1ccccc1NC1CC(c2ccccc2Br)C1.